The number of thiophene rings is 1. The average molecular weight is 384 g/mol. The molecule has 0 fully saturated rings. The molecule has 0 saturated heterocycles. The number of amides is 1. The van der Waals surface area contributed by atoms with Gasteiger partial charge in [-0.3, -0.25) is 14.9 Å². The second kappa shape index (κ2) is 6.92. The minimum absolute atomic E-state index is 0.0140. The quantitative estimate of drug-likeness (QED) is 0.284. The maximum Gasteiger partial charge on any atom is 0.305 e. The maximum atomic E-state index is 12.4. The molecule has 8 nitrogen and oxygen atoms in total. The molecule has 4 rings (SSSR count). The molecule has 3 aromatic rings. The molecule has 1 aliphatic carbocycles. The summed E-state index contributed by atoms with van der Waals surface area (Å²) in [5.74, 6) is -0.767. The van der Waals surface area contributed by atoms with E-state index >= 15 is 0 Å². The monoisotopic (exact) mass is 384 g/mol. The molecule has 2 N–H and O–H groups in total. The number of aromatic hydroxyl groups is 1. The second-order valence-electron chi connectivity index (χ2n) is 6.43. The SMILES string of the molecule is O=C(N=Nc1c(O)[nH]c2ccc([N+](=O)[O-])cc12)c1cc2c(s1)CCCCC2. The van der Waals surface area contributed by atoms with Crippen LogP contribution in [0.2, 0.25) is 0 Å². The van der Waals surface area contributed by atoms with E-state index in [-0.39, 0.29) is 17.3 Å². The number of fused-ring (bicyclic) bond motifs is 2. The number of hydrogen-bond acceptors (Lipinski definition) is 6. The molecule has 1 amide bonds. The molecule has 1 aliphatic rings. The Labute approximate surface area is 157 Å². The Morgan fingerprint density at radius 2 is 2.04 bits per heavy atom. The van der Waals surface area contributed by atoms with Crippen LogP contribution < -0.4 is 0 Å². The van der Waals surface area contributed by atoms with Crippen LogP contribution in [0.15, 0.2) is 34.5 Å². The smallest absolute Gasteiger partial charge is 0.305 e. The summed E-state index contributed by atoms with van der Waals surface area (Å²) in [6.45, 7) is 0. The lowest BCUT2D eigenvalue weighted by atomic mass is 10.1. The minimum Gasteiger partial charge on any atom is -0.493 e. The summed E-state index contributed by atoms with van der Waals surface area (Å²) in [6, 6.07) is 5.97. The molecule has 0 unspecified atom stereocenters. The van der Waals surface area contributed by atoms with E-state index in [0.717, 1.165) is 25.7 Å². The lowest BCUT2D eigenvalue weighted by Gasteiger charge is -1.93. The van der Waals surface area contributed by atoms with Crippen molar-refractivity contribution in [2.45, 2.75) is 32.1 Å². The van der Waals surface area contributed by atoms with Crippen molar-refractivity contribution in [3.63, 3.8) is 0 Å². The number of nitro groups is 1. The van der Waals surface area contributed by atoms with Crippen LogP contribution in [0.3, 0.4) is 0 Å². The fourth-order valence-electron chi connectivity index (χ4n) is 3.28. The average Bonchev–Trinajstić information content (AvgIpc) is 3.11. The number of non-ortho nitro benzene ring substituents is 1. The van der Waals surface area contributed by atoms with Gasteiger partial charge in [0.05, 0.1) is 15.3 Å². The van der Waals surface area contributed by atoms with E-state index in [9.17, 15) is 20.0 Å². The van der Waals surface area contributed by atoms with Crippen molar-refractivity contribution in [2.24, 2.45) is 10.2 Å². The van der Waals surface area contributed by atoms with Crippen LogP contribution in [-0.4, -0.2) is 20.9 Å². The van der Waals surface area contributed by atoms with Gasteiger partial charge in [-0.2, -0.15) is 0 Å². The summed E-state index contributed by atoms with van der Waals surface area (Å²) in [7, 11) is 0. The number of hydrogen-bond donors (Lipinski definition) is 2. The lowest BCUT2D eigenvalue weighted by Crippen LogP contribution is -1.89. The maximum absolute atomic E-state index is 12.4. The molecule has 27 heavy (non-hydrogen) atoms. The van der Waals surface area contributed by atoms with Crippen molar-refractivity contribution < 1.29 is 14.8 Å². The molecule has 0 spiro atoms. The first-order valence-electron chi connectivity index (χ1n) is 8.59. The highest BCUT2D eigenvalue weighted by atomic mass is 32.1. The topological polar surface area (TPSA) is 121 Å². The Morgan fingerprint density at radius 1 is 1.22 bits per heavy atom. The fraction of sp³-hybridized carbons (Fsp3) is 0.278. The summed E-state index contributed by atoms with van der Waals surface area (Å²) in [5.41, 5.74) is 1.57. The standard InChI is InChI=1S/C18H16N4O4S/c23-17(15-8-10-4-2-1-3-5-14(10)27-15)21-20-16-12-9-11(22(25)26)6-7-13(12)19-18(16)24/h6-9,19,24H,1-5H2. The van der Waals surface area contributed by atoms with Crippen molar-refractivity contribution in [3.8, 4) is 5.88 Å². The molecule has 1 aromatic carbocycles. The van der Waals surface area contributed by atoms with E-state index in [4.69, 9.17) is 0 Å². The van der Waals surface area contributed by atoms with Crippen LogP contribution in [0.25, 0.3) is 10.9 Å². The Hall–Kier alpha value is -3.07. The van der Waals surface area contributed by atoms with Gasteiger partial charge in [0.1, 0.15) is 0 Å². The molecular formula is C18H16N4O4S. The summed E-state index contributed by atoms with van der Waals surface area (Å²) in [4.78, 5) is 27.3. The van der Waals surface area contributed by atoms with E-state index in [1.165, 1.54) is 46.4 Å². The predicted molar refractivity (Wildman–Crippen MR) is 101 cm³/mol. The summed E-state index contributed by atoms with van der Waals surface area (Å²) in [5, 5.41) is 28.9. The van der Waals surface area contributed by atoms with Crippen LogP contribution >= 0.6 is 11.3 Å². The number of rotatable bonds is 3. The van der Waals surface area contributed by atoms with Crippen molar-refractivity contribution >= 4 is 39.5 Å². The van der Waals surface area contributed by atoms with Gasteiger partial charge in [-0.1, -0.05) is 6.42 Å². The second-order valence-corrected chi connectivity index (χ2v) is 7.57. The molecule has 0 bridgehead atoms. The molecule has 9 heteroatoms. The summed E-state index contributed by atoms with van der Waals surface area (Å²) >= 11 is 1.45. The molecule has 2 heterocycles. The van der Waals surface area contributed by atoms with Gasteiger partial charge in [0.25, 0.3) is 5.69 Å². The van der Waals surface area contributed by atoms with Gasteiger partial charge in [0.15, 0.2) is 5.69 Å². The third-order valence-corrected chi connectivity index (χ3v) is 5.87. The highest BCUT2D eigenvalue weighted by Crippen LogP contribution is 2.37. The Morgan fingerprint density at radius 3 is 2.85 bits per heavy atom. The molecule has 0 aliphatic heterocycles. The number of carbonyl (C=O) groups excluding carboxylic acids is 1. The molecule has 0 atom stereocenters. The number of nitro benzene ring substituents is 1. The van der Waals surface area contributed by atoms with Crippen LogP contribution in [-0.2, 0) is 12.8 Å². The zero-order chi connectivity index (χ0) is 19.0. The zero-order valence-electron chi connectivity index (χ0n) is 14.3. The zero-order valence-corrected chi connectivity index (χ0v) is 15.1. The number of aryl methyl sites for hydroxylation is 2. The van der Waals surface area contributed by atoms with Gasteiger partial charge in [-0.25, -0.2) is 0 Å². The summed E-state index contributed by atoms with van der Waals surface area (Å²) < 4.78 is 0. The lowest BCUT2D eigenvalue weighted by molar-refractivity contribution is -0.384. The number of nitrogens with one attached hydrogen (secondary N) is 1. The number of aromatic amines is 1. The fourth-order valence-corrected chi connectivity index (χ4v) is 4.42. The van der Waals surface area contributed by atoms with Gasteiger partial charge in [0.2, 0.25) is 5.88 Å². The van der Waals surface area contributed by atoms with E-state index < -0.39 is 10.8 Å². The number of carbonyl (C=O) groups is 1. The normalized spacial score (nSPS) is 14.4. The van der Waals surface area contributed by atoms with E-state index in [2.05, 4.69) is 15.2 Å². The highest BCUT2D eigenvalue weighted by Gasteiger charge is 2.18. The third-order valence-electron chi connectivity index (χ3n) is 4.64. The molecule has 138 valence electrons. The Bertz CT molecular complexity index is 1060. The molecule has 0 radical (unpaired) electrons. The number of aromatic nitrogens is 1. The molecule has 0 saturated carbocycles. The third kappa shape index (κ3) is 3.33. The van der Waals surface area contributed by atoms with Crippen molar-refractivity contribution in [2.75, 3.05) is 0 Å². The van der Waals surface area contributed by atoms with Crippen LogP contribution in [0.4, 0.5) is 11.4 Å². The van der Waals surface area contributed by atoms with Gasteiger partial charge in [-0.05, 0) is 43.4 Å². The van der Waals surface area contributed by atoms with Crippen LogP contribution in [0.5, 0.6) is 5.88 Å². The van der Waals surface area contributed by atoms with Crippen LogP contribution in [0, 0.1) is 10.1 Å². The molecular weight excluding hydrogens is 368 g/mol. The van der Waals surface area contributed by atoms with Gasteiger partial charge >= 0.3 is 5.91 Å². The first kappa shape index (κ1) is 17.3. The minimum atomic E-state index is -0.533. The Kier molecular flexibility index (Phi) is 4.44. The van der Waals surface area contributed by atoms with Gasteiger partial charge in [-0.15, -0.1) is 21.6 Å². The predicted octanol–water partition coefficient (Wildman–Crippen LogP) is 5.04. The molecule has 2 aromatic heterocycles. The van der Waals surface area contributed by atoms with Gasteiger partial charge in [0, 0.05) is 22.4 Å². The van der Waals surface area contributed by atoms with E-state index in [1.54, 1.807) is 0 Å². The number of benzene rings is 1. The highest BCUT2D eigenvalue weighted by molar-refractivity contribution is 7.14. The Balaban J connectivity index is 1.64. The number of azo groups is 1. The van der Waals surface area contributed by atoms with E-state index in [0.29, 0.717) is 15.8 Å². The summed E-state index contributed by atoms with van der Waals surface area (Å²) in [6.07, 6.45) is 5.42. The van der Waals surface area contributed by atoms with Crippen LogP contribution in [0.1, 0.15) is 39.4 Å². The first-order chi connectivity index (χ1) is 13.0. The van der Waals surface area contributed by atoms with Crippen molar-refractivity contribution in [3.05, 3.63) is 49.7 Å². The number of H-pyrrole nitrogens is 1. The van der Waals surface area contributed by atoms with E-state index in [1.807, 2.05) is 6.07 Å². The van der Waals surface area contributed by atoms with Crippen molar-refractivity contribution in [1.29, 1.82) is 0 Å². The van der Waals surface area contributed by atoms with Gasteiger partial charge < -0.3 is 10.1 Å². The van der Waals surface area contributed by atoms with Crippen molar-refractivity contribution in [1.82, 2.24) is 4.98 Å². The first-order valence-corrected chi connectivity index (χ1v) is 9.41. The number of nitrogens with zero attached hydrogens (tertiary/aromatic N) is 3. The largest absolute Gasteiger partial charge is 0.493 e.